The minimum atomic E-state index is -3.43. The van der Waals surface area contributed by atoms with E-state index in [4.69, 9.17) is 0 Å². The predicted octanol–water partition coefficient (Wildman–Crippen LogP) is 3.16. The first kappa shape index (κ1) is 18.3. The van der Waals surface area contributed by atoms with Gasteiger partial charge in [0.2, 0.25) is 10.0 Å². The van der Waals surface area contributed by atoms with Gasteiger partial charge in [0.15, 0.2) is 0 Å². The highest BCUT2D eigenvalue weighted by Gasteiger charge is 2.19. The first-order chi connectivity index (χ1) is 9.92. The monoisotopic (exact) mass is 330 g/mol. The topological polar surface area (TPSA) is 58.2 Å². The summed E-state index contributed by atoms with van der Waals surface area (Å²) in [6.45, 7) is 7.17. The van der Waals surface area contributed by atoms with E-state index in [-0.39, 0.29) is 0 Å². The number of benzene rings is 1. The van der Waals surface area contributed by atoms with Crippen molar-refractivity contribution >= 4 is 27.5 Å². The lowest BCUT2D eigenvalue weighted by Gasteiger charge is -2.15. The van der Waals surface area contributed by atoms with Gasteiger partial charge in [0, 0.05) is 18.8 Å². The molecule has 1 aromatic rings. The van der Waals surface area contributed by atoms with Crippen LogP contribution in [-0.2, 0) is 10.0 Å². The molecule has 0 heterocycles. The maximum absolute atomic E-state index is 12.4. The predicted molar refractivity (Wildman–Crippen MR) is 92.9 cm³/mol. The van der Waals surface area contributed by atoms with Gasteiger partial charge >= 0.3 is 0 Å². The van der Waals surface area contributed by atoms with Gasteiger partial charge in [0.05, 0.1) is 4.90 Å². The molecule has 0 amide bonds. The summed E-state index contributed by atoms with van der Waals surface area (Å²) in [4.78, 5) is 0.411. The molecule has 21 heavy (non-hydrogen) atoms. The molecule has 4 nitrogen and oxygen atoms in total. The third kappa shape index (κ3) is 5.52. The van der Waals surface area contributed by atoms with Crippen LogP contribution in [0.2, 0.25) is 0 Å². The summed E-state index contributed by atoms with van der Waals surface area (Å²) in [6, 6.07) is 3.80. The van der Waals surface area contributed by atoms with E-state index < -0.39 is 10.0 Å². The van der Waals surface area contributed by atoms with Crippen LogP contribution in [0.15, 0.2) is 17.0 Å². The molecule has 0 saturated carbocycles. The fourth-order valence-electron chi connectivity index (χ4n) is 2.24. The molecule has 0 unspecified atom stereocenters. The molecule has 0 atom stereocenters. The number of nitrogens with one attached hydrogen (secondary N) is 2. The van der Waals surface area contributed by atoms with Gasteiger partial charge in [-0.25, -0.2) is 13.1 Å². The quantitative estimate of drug-likeness (QED) is 0.683. The first-order valence-corrected chi connectivity index (χ1v) is 10.1. The second-order valence-corrected chi connectivity index (χ2v) is 7.80. The Balaban J connectivity index is 2.91. The molecule has 120 valence electrons. The van der Waals surface area contributed by atoms with Crippen LogP contribution in [0.1, 0.15) is 30.9 Å². The second kappa shape index (κ2) is 8.66. The average molecular weight is 331 g/mol. The zero-order valence-electron chi connectivity index (χ0n) is 13.3. The number of thioether (sulfide) groups is 1. The highest BCUT2D eigenvalue weighted by atomic mass is 32.2. The van der Waals surface area contributed by atoms with Crippen molar-refractivity contribution in [3.63, 3.8) is 0 Å². The molecule has 1 rings (SSSR count). The molecule has 0 aliphatic heterocycles. The molecule has 0 aliphatic carbocycles. The van der Waals surface area contributed by atoms with Gasteiger partial charge in [0.25, 0.3) is 0 Å². The highest BCUT2D eigenvalue weighted by molar-refractivity contribution is 7.98. The summed E-state index contributed by atoms with van der Waals surface area (Å²) >= 11 is 1.72. The van der Waals surface area contributed by atoms with Gasteiger partial charge in [-0.05, 0) is 62.0 Å². The molecule has 2 N–H and O–H groups in total. The van der Waals surface area contributed by atoms with Crippen molar-refractivity contribution in [3.05, 3.63) is 23.3 Å². The van der Waals surface area contributed by atoms with Gasteiger partial charge < -0.3 is 5.32 Å². The van der Waals surface area contributed by atoms with E-state index in [1.165, 1.54) is 0 Å². The van der Waals surface area contributed by atoms with Crippen LogP contribution >= 0.6 is 11.8 Å². The molecule has 6 heteroatoms. The Morgan fingerprint density at radius 2 is 1.76 bits per heavy atom. The van der Waals surface area contributed by atoms with E-state index in [1.807, 2.05) is 32.2 Å². The zero-order chi connectivity index (χ0) is 15.9. The highest BCUT2D eigenvalue weighted by Crippen LogP contribution is 2.24. The number of rotatable bonds is 9. The Bertz CT molecular complexity index is 534. The molecule has 0 fully saturated rings. The van der Waals surface area contributed by atoms with E-state index in [0.29, 0.717) is 11.4 Å². The molecule has 0 spiro atoms. The van der Waals surface area contributed by atoms with Gasteiger partial charge in [-0.1, -0.05) is 6.92 Å². The Labute approximate surface area is 133 Å². The van der Waals surface area contributed by atoms with E-state index in [0.717, 1.165) is 42.0 Å². The van der Waals surface area contributed by atoms with Crippen molar-refractivity contribution in [1.82, 2.24) is 4.72 Å². The Morgan fingerprint density at radius 1 is 1.14 bits per heavy atom. The normalized spacial score (nSPS) is 11.6. The molecule has 0 aromatic heterocycles. The molecular weight excluding hydrogens is 304 g/mol. The smallest absolute Gasteiger partial charge is 0.241 e. The van der Waals surface area contributed by atoms with E-state index >= 15 is 0 Å². The van der Waals surface area contributed by atoms with Gasteiger partial charge in [-0.15, -0.1) is 0 Å². The van der Waals surface area contributed by atoms with Gasteiger partial charge in [-0.2, -0.15) is 11.8 Å². The van der Waals surface area contributed by atoms with E-state index in [1.54, 1.807) is 11.8 Å². The van der Waals surface area contributed by atoms with Crippen LogP contribution in [-0.4, -0.2) is 33.5 Å². The SMILES string of the molecule is CCCNc1cc(C)c(S(=O)(=O)NCCCSC)c(C)c1. The average Bonchev–Trinajstić information content (AvgIpc) is 2.40. The summed E-state index contributed by atoms with van der Waals surface area (Å²) in [5.74, 6) is 0.959. The molecule has 0 saturated heterocycles. The maximum Gasteiger partial charge on any atom is 0.241 e. The number of sulfonamides is 1. The van der Waals surface area contributed by atoms with Crippen LogP contribution in [0, 0.1) is 13.8 Å². The molecule has 1 aromatic carbocycles. The minimum Gasteiger partial charge on any atom is -0.385 e. The van der Waals surface area contributed by atoms with Crippen molar-refractivity contribution in [3.8, 4) is 0 Å². The molecule has 0 aliphatic rings. The fourth-order valence-corrected chi connectivity index (χ4v) is 4.20. The lowest BCUT2D eigenvalue weighted by molar-refractivity contribution is 0.580. The molecule has 0 radical (unpaired) electrons. The number of hydrogen-bond donors (Lipinski definition) is 2. The summed E-state index contributed by atoms with van der Waals surface area (Å²) in [7, 11) is -3.43. The van der Waals surface area contributed by atoms with Gasteiger partial charge in [0.1, 0.15) is 0 Å². The fraction of sp³-hybridized carbons (Fsp3) is 0.600. The largest absolute Gasteiger partial charge is 0.385 e. The van der Waals surface area contributed by atoms with Crippen molar-refractivity contribution in [1.29, 1.82) is 0 Å². The Kier molecular flexibility index (Phi) is 7.56. The standard InChI is InChI=1S/C15H26N2O2S2/c1-5-7-16-14-10-12(2)15(13(3)11-14)21(18,19)17-8-6-9-20-4/h10-11,16-17H,5-9H2,1-4H3. The van der Waals surface area contributed by atoms with E-state index in [9.17, 15) is 8.42 Å². The maximum atomic E-state index is 12.4. The van der Waals surface area contributed by atoms with Crippen molar-refractivity contribution in [2.45, 2.75) is 38.5 Å². The summed E-state index contributed by atoms with van der Waals surface area (Å²) < 4.78 is 27.5. The van der Waals surface area contributed by atoms with Gasteiger partial charge in [-0.3, -0.25) is 0 Å². The van der Waals surface area contributed by atoms with Crippen LogP contribution < -0.4 is 10.0 Å². The molecule has 0 bridgehead atoms. The summed E-state index contributed by atoms with van der Waals surface area (Å²) in [5, 5.41) is 3.30. The third-order valence-corrected chi connectivity index (χ3v) is 5.59. The molecular formula is C15H26N2O2S2. The summed E-state index contributed by atoms with van der Waals surface area (Å²) in [5.41, 5.74) is 2.55. The van der Waals surface area contributed by atoms with Crippen LogP contribution in [0.5, 0.6) is 0 Å². The number of aryl methyl sites for hydroxylation is 2. The summed E-state index contributed by atoms with van der Waals surface area (Å²) in [6.07, 6.45) is 3.90. The lowest BCUT2D eigenvalue weighted by atomic mass is 10.1. The van der Waals surface area contributed by atoms with Crippen molar-refractivity contribution in [2.75, 3.05) is 30.4 Å². The first-order valence-electron chi connectivity index (χ1n) is 7.26. The van der Waals surface area contributed by atoms with Crippen molar-refractivity contribution in [2.24, 2.45) is 0 Å². The Hall–Kier alpha value is -0.720. The number of hydrogen-bond acceptors (Lipinski definition) is 4. The second-order valence-electron chi connectivity index (χ2n) is 5.11. The Morgan fingerprint density at radius 3 is 2.29 bits per heavy atom. The van der Waals surface area contributed by atoms with Crippen LogP contribution in [0.4, 0.5) is 5.69 Å². The lowest BCUT2D eigenvalue weighted by Crippen LogP contribution is -2.26. The van der Waals surface area contributed by atoms with Crippen LogP contribution in [0.3, 0.4) is 0 Å². The van der Waals surface area contributed by atoms with E-state index in [2.05, 4.69) is 17.0 Å². The number of anilines is 1. The zero-order valence-corrected chi connectivity index (χ0v) is 15.0. The van der Waals surface area contributed by atoms with Crippen molar-refractivity contribution < 1.29 is 8.42 Å². The minimum absolute atomic E-state index is 0.411. The van der Waals surface area contributed by atoms with Crippen LogP contribution in [0.25, 0.3) is 0 Å². The third-order valence-electron chi connectivity index (χ3n) is 3.13.